The lowest BCUT2D eigenvalue weighted by molar-refractivity contribution is -0.141. The van der Waals surface area contributed by atoms with Gasteiger partial charge in [0.1, 0.15) is 12.6 Å². The zero-order chi connectivity index (χ0) is 19.1. The van der Waals surface area contributed by atoms with Crippen molar-refractivity contribution in [3.63, 3.8) is 0 Å². The quantitative estimate of drug-likeness (QED) is 0.370. The lowest BCUT2D eigenvalue weighted by atomic mass is 10.0. The Morgan fingerprint density at radius 2 is 1.56 bits per heavy atom. The standard InChI is InChI=1S/C19H36N2O4/c1-5-6-7-8-9-10-11-12-17(22)21-16(13-15(2)3)19(24)20-14-18(23)25-4/h15-16H,5-14H2,1-4H3,(H,20,24)(H,21,22). The molecule has 0 heterocycles. The van der Waals surface area contributed by atoms with Crippen LogP contribution in [0.1, 0.15) is 78.6 Å². The average molecular weight is 357 g/mol. The fraction of sp³-hybridized carbons (Fsp3) is 0.842. The molecule has 0 radical (unpaired) electrons. The van der Waals surface area contributed by atoms with Crippen molar-refractivity contribution in [1.82, 2.24) is 10.6 Å². The Morgan fingerprint density at radius 3 is 2.12 bits per heavy atom. The Labute approximate surface area is 152 Å². The first-order chi connectivity index (χ1) is 11.9. The van der Waals surface area contributed by atoms with E-state index in [2.05, 4.69) is 22.3 Å². The minimum Gasteiger partial charge on any atom is -0.468 e. The van der Waals surface area contributed by atoms with Crippen molar-refractivity contribution in [2.75, 3.05) is 13.7 Å². The third-order valence-corrected chi connectivity index (χ3v) is 4.00. The normalized spacial score (nSPS) is 11.9. The predicted octanol–water partition coefficient (Wildman–Crippen LogP) is 2.95. The van der Waals surface area contributed by atoms with Gasteiger partial charge in [0.15, 0.2) is 0 Å². The van der Waals surface area contributed by atoms with Crippen LogP contribution in [0.15, 0.2) is 0 Å². The molecule has 0 aromatic heterocycles. The van der Waals surface area contributed by atoms with Crippen molar-refractivity contribution in [2.45, 2.75) is 84.6 Å². The van der Waals surface area contributed by atoms with Gasteiger partial charge in [-0.1, -0.05) is 59.3 Å². The molecule has 1 atom stereocenters. The van der Waals surface area contributed by atoms with E-state index in [1.807, 2.05) is 13.8 Å². The van der Waals surface area contributed by atoms with Gasteiger partial charge < -0.3 is 15.4 Å². The number of methoxy groups -OCH3 is 1. The largest absolute Gasteiger partial charge is 0.468 e. The summed E-state index contributed by atoms with van der Waals surface area (Å²) in [7, 11) is 1.27. The van der Waals surface area contributed by atoms with Crippen LogP contribution in [0.5, 0.6) is 0 Å². The number of ether oxygens (including phenoxy) is 1. The number of rotatable bonds is 14. The highest BCUT2D eigenvalue weighted by Gasteiger charge is 2.22. The molecule has 0 aromatic carbocycles. The summed E-state index contributed by atoms with van der Waals surface area (Å²) in [6, 6.07) is -0.610. The van der Waals surface area contributed by atoms with Gasteiger partial charge in [0.25, 0.3) is 0 Å². The summed E-state index contributed by atoms with van der Waals surface area (Å²) in [5, 5.41) is 5.31. The Morgan fingerprint density at radius 1 is 0.960 bits per heavy atom. The zero-order valence-corrected chi connectivity index (χ0v) is 16.4. The zero-order valence-electron chi connectivity index (χ0n) is 16.4. The Balaban J connectivity index is 4.16. The number of unbranched alkanes of at least 4 members (excludes halogenated alkanes) is 6. The first-order valence-corrected chi connectivity index (χ1v) is 9.54. The molecule has 0 rings (SSSR count). The maximum atomic E-state index is 12.2. The van der Waals surface area contributed by atoms with Crippen LogP contribution in [0.25, 0.3) is 0 Å². The predicted molar refractivity (Wildman–Crippen MR) is 99.0 cm³/mol. The molecule has 2 N–H and O–H groups in total. The fourth-order valence-corrected chi connectivity index (χ4v) is 2.57. The number of esters is 1. The number of carbonyl (C=O) groups is 3. The van der Waals surface area contributed by atoms with Crippen molar-refractivity contribution in [3.05, 3.63) is 0 Å². The van der Waals surface area contributed by atoms with Gasteiger partial charge in [0, 0.05) is 6.42 Å². The second-order valence-electron chi connectivity index (χ2n) is 6.91. The molecular weight excluding hydrogens is 320 g/mol. The van der Waals surface area contributed by atoms with Gasteiger partial charge in [-0.25, -0.2) is 0 Å². The van der Waals surface area contributed by atoms with E-state index in [9.17, 15) is 14.4 Å². The van der Waals surface area contributed by atoms with Crippen LogP contribution in [-0.2, 0) is 19.1 Å². The van der Waals surface area contributed by atoms with Crippen LogP contribution in [0.4, 0.5) is 0 Å². The minimum atomic E-state index is -0.610. The van der Waals surface area contributed by atoms with Gasteiger partial charge in [-0.05, 0) is 18.8 Å². The summed E-state index contributed by atoms with van der Waals surface area (Å²) < 4.78 is 4.50. The van der Waals surface area contributed by atoms with E-state index in [1.165, 1.54) is 32.8 Å². The highest BCUT2D eigenvalue weighted by Crippen LogP contribution is 2.09. The SMILES string of the molecule is CCCCCCCCCC(=O)NC(CC(C)C)C(=O)NCC(=O)OC. The van der Waals surface area contributed by atoms with Crippen LogP contribution in [0.3, 0.4) is 0 Å². The maximum absolute atomic E-state index is 12.2. The van der Waals surface area contributed by atoms with E-state index in [1.54, 1.807) is 0 Å². The third-order valence-electron chi connectivity index (χ3n) is 4.00. The molecule has 6 nitrogen and oxygen atoms in total. The van der Waals surface area contributed by atoms with E-state index >= 15 is 0 Å². The molecule has 0 aliphatic rings. The molecule has 0 fully saturated rings. The number of nitrogens with one attached hydrogen (secondary N) is 2. The number of hydrogen-bond donors (Lipinski definition) is 2. The summed E-state index contributed by atoms with van der Waals surface area (Å²) in [4.78, 5) is 35.4. The number of carbonyl (C=O) groups excluding carboxylic acids is 3. The summed E-state index contributed by atoms with van der Waals surface area (Å²) >= 11 is 0. The maximum Gasteiger partial charge on any atom is 0.325 e. The number of hydrogen-bond acceptors (Lipinski definition) is 4. The van der Waals surface area contributed by atoms with Crippen LogP contribution < -0.4 is 10.6 Å². The van der Waals surface area contributed by atoms with Gasteiger partial charge >= 0.3 is 5.97 Å². The topological polar surface area (TPSA) is 84.5 Å². The van der Waals surface area contributed by atoms with E-state index in [4.69, 9.17) is 0 Å². The van der Waals surface area contributed by atoms with Gasteiger partial charge in [0.05, 0.1) is 7.11 Å². The molecule has 0 aliphatic heterocycles. The molecule has 1 unspecified atom stereocenters. The van der Waals surface area contributed by atoms with Crippen molar-refractivity contribution in [2.24, 2.45) is 5.92 Å². The Kier molecular flexibility index (Phi) is 13.8. The third kappa shape index (κ3) is 13.4. The summed E-state index contributed by atoms with van der Waals surface area (Å²) in [6.45, 7) is 5.99. The van der Waals surface area contributed by atoms with E-state index < -0.39 is 12.0 Å². The van der Waals surface area contributed by atoms with E-state index in [-0.39, 0.29) is 24.3 Å². The molecule has 25 heavy (non-hydrogen) atoms. The van der Waals surface area contributed by atoms with Gasteiger partial charge in [-0.2, -0.15) is 0 Å². The summed E-state index contributed by atoms with van der Waals surface area (Å²) in [5.41, 5.74) is 0. The van der Waals surface area contributed by atoms with Crippen LogP contribution in [0.2, 0.25) is 0 Å². The lowest BCUT2D eigenvalue weighted by Gasteiger charge is -2.20. The molecule has 0 bridgehead atoms. The van der Waals surface area contributed by atoms with E-state index in [0.29, 0.717) is 12.8 Å². The van der Waals surface area contributed by atoms with Crippen molar-refractivity contribution in [1.29, 1.82) is 0 Å². The monoisotopic (exact) mass is 356 g/mol. The van der Waals surface area contributed by atoms with Crippen molar-refractivity contribution < 1.29 is 19.1 Å². The van der Waals surface area contributed by atoms with Crippen molar-refractivity contribution >= 4 is 17.8 Å². The molecule has 2 amide bonds. The molecule has 0 aliphatic carbocycles. The van der Waals surface area contributed by atoms with Crippen LogP contribution in [0, 0.1) is 5.92 Å². The second kappa shape index (κ2) is 14.7. The van der Waals surface area contributed by atoms with Gasteiger partial charge in [-0.3, -0.25) is 14.4 Å². The Bertz CT molecular complexity index is 397. The van der Waals surface area contributed by atoms with Crippen molar-refractivity contribution in [3.8, 4) is 0 Å². The molecule has 146 valence electrons. The lowest BCUT2D eigenvalue weighted by Crippen LogP contribution is -2.48. The summed E-state index contributed by atoms with van der Waals surface area (Å²) in [6.07, 6.45) is 9.01. The molecular formula is C19H36N2O4. The van der Waals surface area contributed by atoms with Crippen LogP contribution in [-0.4, -0.2) is 37.5 Å². The molecule has 6 heteroatoms. The van der Waals surface area contributed by atoms with Crippen LogP contribution >= 0.6 is 0 Å². The van der Waals surface area contributed by atoms with Gasteiger partial charge in [-0.15, -0.1) is 0 Å². The number of amides is 2. The van der Waals surface area contributed by atoms with E-state index in [0.717, 1.165) is 19.3 Å². The minimum absolute atomic E-state index is 0.104. The first-order valence-electron chi connectivity index (χ1n) is 9.54. The summed E-state index contributed by atoms with van der Waals surface area (Å²) in [5.74, 6) is -0.696. The highest BCUT2D eigenvalue weighted by molar-refractivity contribution is 5.89. The molecule has 0 saturated carbocycles. The Hall–Kier alpha value is -1.59. The smallest absolute Gasteiger partial charge is 0.325 e. The highest BCUT2D eigenvalue weighted by atomic mass is 16.5. The van der Waals surface area contributed by atoms with Gasteiger partial charge in [0.2, 0.25) is 11.8 Å². The molecule has 0 saturated heterocycles. The molecule has 0 spiro atoms. The molecule has 0 aromatic rings. The second-order valence-corrected chi connectivity index (χ2v) is 6.91. The first kappa shape index (κ1) is 23.4. The average Bonchev–Trinajstić information content (AvgIpc) is 2.57. The fourth-order valence-electron chi connectivity index (χ4n) is 2.57.